The summed E-state index contributed by atoms with van der Waals surface area (Å²) in [5.41, 5.74) is 0. The molecule has 0 aromatic rings. The summed E-state index contributed by atoms with van der Waals surface area (Å²) in [5.74, 6) is 0.712. The zero-order chi connectivity index (χ0) is 12.7. The highest BCUT2D eigenvalue weighted by Crippen LogP contribution is 2.11. The molecular formula is C13H26N2O2. The van der Waals surface area contributed by atoms with Crippen LogP contribution in [0.15, 0.2) is 0 Å². The molecule has 1 heterocycles. The summed E-state index contributed by atoms with van der Waals surface area (Å²) in [5, 5.41) is 6.39. The second-order valence-electron chi connectivity index (χ2n) is 5.06. The highest BCUT2D eigenvalue weighted by atomic mass is 16.5. The molecule has 4 nitrogen and oxygen atoms in total. The molecule has 0 spiro atoms. The van der Waals surface area contributed by atoms with Crippen molar-refractivity contribution in [3.8, 4) is 0 Å². The minimum absolute atomic E-state index is 0.129. The van der Waals surface area contributed by atoms with Crippen molar-refractivity contribution in [3.05, 3.63) is 0 Å². The topological polar surface area (TPSA) is 50.4 Å². The quantitative estimate of drug-likeness (QED) is 0.735. The van der Waals surface area contributed by atoms with Gasteiger partial charge < -0.3 is 15.4 Å². The largest absolute Gasteiger partial charge is 0.380 e. The average Bonchev–Trinajstić information content (AvgIpc) is 2.35. The minimum atomic E-state index is 0.129. The van der Waals surface area contributed by atoms with Crippen LogP contribution in [0.5, 0.6) is 0 Å². The Morgan fingerprint density at radius 3 is 2.82 bits per heavy atom. The summed E-state index contributed by atoms with van der Waals surface area (Å²) in [6.45, 7) is 9.36. The molecule has 1 aliphatic rings. The lowest BCUT2D eigenvalue weighted by Gasteiger charge is -2.27. The molecule has 1 saturated heterocycles. The molecule has 1 fully saturated rings. The Morgan fingerprint density at radius 1 is 1.53 bits per heavy atom. The van der Waals surface area contributed by atoms with Gasteiger partial charge in [0.15, 0.2) is 0 Å². The van der Waals surface area contributed by atoms with Gasteiger partial charge in [-0.05, 0) is 32.2 Å². The molecule has 100 valence electrons. The maximum absolute atomic E-state index is 12.1. The number of carbonyl (C=O) groups excluding carboxylic acids is 1. The fourth-order valence-electron chi connectivity index (χ4n) is 2.02. The normalized spacial score (nSPS) is 22.5. The Kier molecular flexibility index (Phi) is 6.52. The van der Waals surface area contributed by atoms with Crippen LogP contribution in [0.1, 0.15) is 33.6 Å². The molecule has 0 aromatic heterocycles. The molecule has 0 aliphatic carbocycles. The van der Waals surface area contributed by atoms with Crippen molar-refractivity contribution in [2.75, 3.05) is 26.3 Å². The molecule has 0 saturated carbocycles. The van der Waals surface area contributed by atoms with E-state index in [0.717, 1.165) is 25.9 Å². The number of nitrogens with one attached hydrogen (secondary N) is 2. The van der Waals surface area contributed by atoms with Gasteiger partial charge in [-0.3, -0.25) is 4.79 Å². The number of rotatable bonds is 6. The number of amides is 1. The maximum Gasteiger partial charge on any atom is 0.224 e. The van der Waals surface area contributed by atoms with Crippen LogP contribution in [0.2, 0.25) is 0 Å². The van der Waals surface area contributed by atoms with E-state index in [4.69, 9.17) is 4.74 Å². The summed E-state index contributed by atoms with van der Waals surface area (Å²) in [6.07, 6.45) is 2.09. The van der Waals surface area contributed by atoms with E-state index in [1.807, 2.05) is 6.92 Å². The van der Waals surface area contributed by atoms with Crippen LogP contribution in [-0.4, -0.2) is 38.3 Å². The van der Waals surface area contributed by atoms with Crippen molar-refractivity contribution in [2.45, 2.75) is 39.7 Å². The fourth-order valence-corrected chi connectivity index (χ4v) is 2.02. The predicted molar refractivity (Wildman–Crippen MR) is 68.9 cm³/mol. The van der Waals surface area contributed by atoms with Crippen molar-refractivity contribution < 1.29 is 9.53 Å². The van der Waals surface area contributed by atoms with E-state index < -0.39 is 0 Å². The van der Waals surface area contributed by atoms with Crippen molar-refractivity contribution in [1.82, 2.24) is 10.6 Å². The highest BCUT2D eigenvalue weighted by Gasteiger charge is 2.24. The number of piperidine rings is 1. The Morgan fingerprint density at radius 2 is 2.29 bits per heavy atom. The SMILES string of the molecule is CCOCC(NC(=O)[C@@H]1CCCNC1)C(C)C. The molecule has 2 N–H and O–H groups in total. The van der Waals surface area contributed by atoms with Gasteiger partial charge in [0.05, 0.1) is 18.6 Å². The molecule has 0 bridgehead atoms. The van der Waals surface area contributed by atoms with Crippen LogP contribution in [0.4, 0.5) is 0 Å². The van der Waals surface area contributed by atoms with E-state index in [0.29, 0.717) is 19.1 Å². The number of hydrogen-bond acceptors (Lipinski definition) is 3. The van der Waals surface area contributed by atoms with Crippen LogP contribution < -0.4 is 10.6 Å². The van der Waals surface area contributed by atoms with Gasteiger partial charge in [0.1, 0.15) is 0 Å². The molecule has 17 heavy (non-hydrogen) atoms. The first-order valence-electron chi connectivity index (χ1n) is 6.74. The molecule has 0 radical (unpaired) electrons. The summed E-state index contributed by atoms with van der Waals surface area (Å²) in [7, 11) is 0. The number of hydrogen-bond donors (Lipinski definition) is 2. The molecule has 1 unspecified atom stereocenters. The standard InChI is InChI=1S/C13H26N2O2/c1-4-17-9-12(10(2)3)15-13(16)11-6-5-7-14-8-11/h10-12,14H,4-9H2,1-3H3,(H,15,16)/t11-,12?/m1/s1. The van der Waals surface area contributed by atoms with Crippen LogP contribution in [0, 0.1) is 11.8 Å². The molecule has 1 amide bonds. The molecule has 4 heteroatoms. The highest BCUT2D eigenvalue weighted by molar-refractivity contribution is 5.79. The van der Waals surface area contributed by atoms with Gasteiger partial charge in [0, 0.05) is 13.2 Å². The zero-order valence-electron chi connectivity index (χ0n) is 11.3. The molecule has 1 aliphatic heterocycles. The van der Waals surface area contributed by atoms with Gasteiger partial charge in [-0.15, -0.1) is 0 Å². The van der Waals surface area contributed by atoms with Crippen LogP contribution in [0.3, 0.4) is 0 Å². The molecule has 1 rings (SSSR count). The van der Waals surface area contributed by atoms with E-state index >= 15 is 0 Å². The summed E-state index contributed by atoms with van der Waals surface area (Å²) in [4.78, 5) is 12.1. The summed E-state index contributed by atoms with van der Waals surface area (Å²) in [6, 6.07) is 0.129. The Bertz CT molecular complexity index is 225. The first-order valence-corrected chi connectivity index (χ1v) is 6.74. The van der Waals surface area contributed by atoms with Gasteiger partial charge in [-0.1, -0.05) is 13.8 Å². The predicted octanol–water partition coefficient (Wildman–Crippen LogP) is 1.16. The second kappa shape index (κ2) is 7.67. The van der Waals surface area contributed by atoms with Crippen LogP contribution >= 0.6 is 0 Å². The Balaban J connectivity index is 2.39. The van der Waals surface area contributed by atoms with Gasteiger partial charge in [-0.2, -0.15) is 0 Å². The lowest BCUT2D eigenvalue weighted by atomic mass is 9.97. The third kappa shape index (κ3) is 5.04. The average molecular weight is 242 g/mol. The first-order chi connectivity index (χ1) is 8.15. The van der Waals surface area contributed by atoms with Gasteiger partial charge >= 0.3 is 0 Å². The molecule has 0 aromatic carbocycles. The minimum Gasteiger partial charge on any atom is -0.380 e. The number of carbonyl (C=O) groups is 1. The van der Waals surface area contributed by atoms with E-state index in [1.165, 1.54) is 0 Å². The second-order valence-corrected chi connectivity index (χ2v) is 5.06. The third-order valence-corrected chi connectivity index (χ3v) is 3.30. The lowest BCUT2D eigenvalue weighted by molar-refractivity contribution is -0.127. The number of ether oxygens (including phenoxy) is 1. The summed E-state index contributed by atoms with van der Waals surface area (Å²) >= 11 is 0. The van der Waals surface area contributed by atoms with Crippen LogP contribution in [-0.2, 0) is 9.53 Å². The van der Waals surface area contributed by atoms with E-state index in [1.54, 1.807) is 0 Å². The summed E-state index contributed by atoms with van der Waals surface area (Å²) < 4.78 is 5.41. The Hall–Kier alpha value is -0.610. The van der Waals surface area contributed by atoms with Crippen molar-refractivity contribution in [2.24, 2.45) is 11.8 Å². The Labute approximate surface area is 104 Å². The molecule has 2 atom stereocenters. The smallest absolute Gasteiger partial charge is 0.224 e. The van der Waals surface area contributed by atoms with E-state index in [9.17, 15) is 4.79 Å². The van der Waals surface area contributed by atoms with Crippen molar-refractivity contribution in [1.29, 1.82) is 0 Å². The molecular weight excluding hydrogens is 216 g/mol. The van der Waals surface area contributed by atoms with E-state index in [-0.39, 0.29) is 17.9 Å². The third-order valence-electron chi connectivity index (χ3n) is 3.30. The van der Waals surface area contributed by atoms with Gasteiger partial charge in [0.25, 0.3) is 0 Å². The van der Waals surface area contributed by atoms with E-state index in [2.05, 4.69) is 24.5 Å². The van der Waals surface area contributed by atoms with Gasteiger partial charge in [0.2, 0.25) is 5.91 Å². The first kappa shape index (κ1) is 14.5. The fraction of sp³-hybridized carbons (Fsp3) is 0.923. The van der Waals surface area contributed by atoms with Gasteiger partial charge in [-0.25, -0.2) is 0 Å². The van der Waals surface area contributed by atoms with Crippen molar-refractivity contribution >= 4 is 5.91 Å². The monoisotopic (exact) mass is 242 g/mol. The zero-order valence-corrected chi connectivity index (χ0v) is 11.3. The van der Waals surface area contributed by atoms with Crippen molar-refractivity contribution in [3.63, 3.8) is 0 Å². The lowest BCUT2D eigenvalue weighted by Crippen LogP contribution is -2.47. The van der Waals surface area contributed by atoms with Crippen LogP contribution in [0.25, 0.3) is 0 Å². The maximum atomic E-state index is 12.1.